The van der Waals surface area contributed by atoms with Crippen molar-refractivity contribution in [2.24, 2.45) is 0 Å². The highest BCUT2D eigenvalue weighted by Gasteiger charge is 2.17. The number of ketones is 1. The number of amides is 1. The largest absolute Gasteiger partial charge is 0.497 e. The summed E-state index contributed by atoms with van der Waals surface area (Å²) in [5, 5.41) is 2.72. The second kappa shape index (κ2) is 11.9. The number of methoxy groups -OCH3 is 2. The van der Waals surface area contributed by atoms with E-state index in [1.54, 1.807) is 37.4 Å². The highest BCUT2D eigenvalue weighted by atomic mass is 16.5. The number of carbonyl (C=O) groups is 3. The number of esters is 1. The van der Waals surface area contributed by atoms with E-state index in [-0.39, 0.29) is 42.0 Å². The van der Waals surface area contributed by atoms with Gasteiger partial charge >= 0.3 is 5.97 Å². The molecule has 1 N–H and O–H groups in total. The Hall–Kier alpha value is -4.33. The normalized spacial score (nSPS) is 10.4. The molecule has 188 valence electrons. The summed E-state index contributed by atoms with van der Waals surface area (Å²) in [5.74, 6) is -0.118. The molecule has 0 fully saturated rings. The maximum Gasteiger partial charge on any atom is 0.338 e. The minimum atomic E-state index is -0.674. The predicted octanol–water partition coefficient (Wildman–Crippen LogP) is 4.69. The summed E-state index contributed by atoms with van der Waals surface area (Å²) in [6.45, 7) is 5.10. The molecular weight excluding hydrogens is 462 g/mol. The number of carbonyl (C=O) groups excluding carboxylic acids is 3. The van der Waals surface area contributed by atoms with Crippen LogP contribution in [-0.2, 0) is 9.53 Å². The highest BCUT2D eigenvalue weighted by molar-refractivity contribution is 6.00. The van der Waals surface area contributed by atoms with Crippen LogP contribution < -0.4 is 19.5 Å². The van der Waals surface area contributed by atoms with Gasteiger partial charge in [-0.1, -0.05) is 6.07 Å². The predicted molar refractivity (Wildman–Crippen MR) is 135 cm³/mol. The zero-order valence-electron chi connectivity index (χ0n) is 21.0. The van der Waals surface area contributed by atoms with Crippen molar-refractivity contribution in [3.63, 3.8) is 0 Å². The number of rotatable bonds is 10. The van der Waals surface area contributed by atoms with Crippen LogP contribution in [0.4, 0.5) is 5.69 Å². The third-order valence-corrected chi connectivity index (χ3v) is 5.61. The SMILES string of the molecule is COc1ccc(NC(=O)COc2ccc(C(=O)OCC(=O)c3cc(C)c(C)cc3C)cc2OC)cc1. The lowest BCUT2D eigenvalue weighted by molar-refractivity contribution is -0.118. The molecule has 3 rings (SSSR count). The van der Waals surface area contributed by atoms with Crippen LogP contribution in [0.2, 0.25) is 0 Å². The lowest BCUT2D eigenvalue weighted by Gasteiger charge is -2.13. The van der Waals surface area contributed by atoms with Gasteiger partial charge in [0, 0.05) is 11.3 Å². The van der Waals surface area contributed by atoms with E-state index in [4.69, 9.17) is 18.9 Å². The highest BCUT2D eigenvalue weighted by Crippen LogP contribution is 2.28. The first-order valence-corrected chi connectivity index (χ1v) is 11.2. The molecule has 0 heterocycles. The molecule has 0 atom stereocenters. The number of anilines is 1. The number of Topliss-reactive ketones (excluding diaryl/α,β-unsaturated/α-hetero) is 1. The fourth-order valence-electron chi connectivity index (χ4n) is 3.48. The quantitative estimate of drug-likeness (QED) is 0.324. The van der Waals surface area contributed by atoms with Crippen molar-refractivity contribution in [3.05, 3.63) is 82.4 Å². The van der Waals surface area contributed by atoms with E-state index >= 15 is 0 Å². The van der Waals surface area contributed by atoms with Crippen molar-refractivity contribution >= 4 is 23.3 Å². The molecule has 36 heavy (non-hydrogen) atoms. The topological polar surface area (TPSA) is 100 Å². The van der Waals surface area contributed by atoms with Gasteiger partial charge < -0.3 is 24.3 Å². The smallest absolute Gasteiger partial charge is 0.338 e. The molecule has 0 aliphatic heterocycles. The molecule has 0 saturated heterocycles. The third kappa shape index (κ3) is 6.63. The van der Waals surface area contributed by atoms with E-state index in [2.05, 4.69) is 5.32 Å². The monoisotopic (exact) mass is 491 g/mol. The summed E-state index contributed by atoms with van der Waals surface area (Å²) in [4.78, 5) is 37.4. The summed E-state index contributed by atoms with van der Waals surface area (Å²) < 4.78 is 21.2. The average molecular weight is 492 g/mol. The van der Waals surface area contributed by atoms with Crippen LogP contribution in [-0.4, -0.2) is 45.1 Å². The average Bonchev–Trinajstić information content (AvgIpc) is 2.88. The Morgan fingerprint density at radius 1 is 0.750 bits per heavy atom. The number of benzene rings is 3. The molecule has 8 heteroatoms. The minimum absolute atomic E-state index is 0.187. The Kier molecular flexibility index (Phi) is 8.67. The Labute approximate surface area is 210 Å². The van der Waals surface area contributed by atoms with Gasteiger partial charge in [-0.3, -0.25) is 9.59 Å². The minimum Gasteiger partial charge on any atom is -0.497 e. The van der Waals surface area contributed by atoms with Gasteiger partial charge in [-0.15, -0.1) is 0 Å². The molecule has 0 saturated carbocycles. The fraction of sp³-hybridized carbons (Fsp3) is 0.250. The van der Waals surface area contributed by atoms with Gasteiger partial charge in [0.05, 0.1) is 19.8 Å². The first-order chi connectivity index (χ1) is 17.2. The molecule has 0 spiro atoms. The van der Waals surface area contributed by atoms with E-state index < -0.39 is 5.97 Å². The second-order valence-corrected chi connectivity index (χ2v) is 8.18. The number of aryl methyl sites for hydroxylation is 3. The molecule has 0 unspecified atom stereocenters. The van der Waals surface area contributed by atoms with Crippen LogP contribution in [0.3, 0.4) is 0 Å². The molecule has 0 radical (unpaired) electrons. The first kappa shape index (κ1) is 26.3. The van der Waals surface area contributed by atoms with Crippen molar-refractivity contribution in [2.75, 3.05) is 32.8 Å². The van der Waals surface area contributed by atoms with E-state index in [9.17, 15) is 14.4 Å². The number of ether oxygens (including phenoxy) is 4. The van der Waals surface area contributed by atoms with Gasteiger partial charge in [0.15, 0.2) is 24.7 Å². The van der Waals surface area contributed by atoms with Crippen molar-refractivity contribution < 1.29 is 33.3 Å². The Morgan fingerprint density at radius 2 is 1.44 bits per heavy atom. The molecule has 0 aromatic heterocycles. The maximum atomic E-state index is 12.6. The summed E-state index contributed by atoms with van der Waals surface area (Å²) >= 11 is 0. The standard InChI is InChI=1S/C28H29NO7/c1-17-12-19(3)23(13-18(17)2)24(30)15-36-28(32)20-6-11-25(26(14-20)34-5)35-16-27(31)29-21-7-9-22(33-4)10-8-21/h6-14H,15-16H2,1-5H3,(H,29,31). The molecular formula is C28H29NO7. The van der Waals surface area contributed by atoms with Gasteiger partial charge in [0.1, 0.15) is 5.75 Å². The summed E-state index contributed by atoms with van der Waals surface area (Å²) in [6.07, 6.45) is 0. The summed E-state index contributed by atoms with van der Waals surface area (Å²) in [6, 6.07) is 15.0. The van der Waals surface area contributed by atoms with Gasteiger partial charge in [0.25, 0.3) is 5.91 Å². The molecule has 8 nitrogen and oxygen atoms in total. The van der Waals surface area contributed by atoms with Gasteiger partial charge in [-0.25, -0.2) is 4.79 Å². The van der Waals surface area contributed by atoms with Gasteiger partial charge in [-0.05, 0) is 86.0 Å². The summed E-state index contributed by atoms with van der Waals surface area (Å²) in [7, 11) is 2.98. The molecule has 3 aromatic carbocycles. The van der Waals surface area contributed by atoms with Gasteiger partial charge in [-0.2, -0.15) is 0 Å². The van der Waals surface area contributed by atoms with Crippen LogP contribution >= 0.6 is 0 Å². The molecule has 0 aliphatic carbocycles. The maximum absolute atomic E-state index is 12.6. The molecule has 1 amide bonds. The third-order valence-electron chi connectivity index (χ3n) is 5.61. The van der Waals surface area contributed by atoms with E-state index in [1.807, 2.05) is 26.8 Å². The Bertz CT molecular complexity index is 1270. The van der Waals surface area contributed by atoms with Crippen LogP contribution in [0.15, 0.2) is 54.6 Å². The molecule has 3 aromatic rings. The van der Waals surface area contributed by atoms with E-state index in [0.29, 0.717) is 17.0 Å². The zero-order chi connectivity index (χ0) is 26.2. The van der Waals surface area contributed by atoms with Crippen LogP contribution in [0.1, 0.15) is 37.4 Å². The Morgan fingerprint density at radius 3 is 2.11 bits per heavy atom. The first-order valence-electron chi connectivity index (χ1n) is 11.2. The Balaban J connectivity index is 1.58. The van der Waals surface area contributed by atoms with Crippen molar-refractivity contribution in [2.45, 2.75) is 20.8 Å². The van der Waals surface area contributed by atoms with E-state index in [0.717, 1.165) is 16.7 Å². The van der Waals surface area contributed by atoms with Gasteiger partial charge in [0.2, 0.25) is 5.78 Å². The van der Waals surface area contributed by atoms with Crippen molar-refractivity contribution in [1.82, 2.24) is 0 Å². The van der Waals surface area contributed by atoms with Crippen molar-refractivity contribution in [3.8, 4) is 17.2 Å². The summed E-state index contributed by atoms with van der Waals surface area (Å²) in [5.41, 5.74) is 4.23. The molecule has 0 bridgehead atoms. The lowest BCUT2D eigenvalue weighted by atomic mass is 9.98. The zero-order valence-corrected chi connectivity index (χ0v) is 21.0. The van der Waals surface area contributed by atoms with Crippen LogP contribution in [0.5, 0.6) is 17.2 Å². The number of nitrogens with one attached hydrogen (secondary N) is 1. The second-order valence-electron chi connectivity index (χ2n) is 8.18. The molecule has 0 aliphatic rings. The van der Waals surface area contributed by atoms with Crippen molar-refractivity contribution in [1.29, 1.82) is 0 Å². The number of hydrogen-bond acceptors (Lipinski definition) is 7. The fourth-order valence-corrected chi connectivity index (χ4v) is 3.48. The number of hydrogen-bond donors (Lipinski definition) is 1. The van der Waals surface area contributed by atoms with E-state index in [1.165, 1.54) is 25.3 Å². The van der Waals surface area contributed by atoms with Crippen LogP contribution in [0.25, 0.3) is 0 Å². The van der Waals surface area contributed by atoms with Crippen LogP contribution in [0, 0.1) is 20.8 Å². The lowest BCUT2D eigenvalue weighted by Crippen LogP contribution is -2.20.